The first kappa shape index (κ1) is 21.4. The molecule has 2 amide bonds. The van der Waals surface area contributed by atoms with Crippen LogP contribution in [0.2, 0.25) is 0 Å². The first-order valence-electron chi connectivity index (χ1n) is 10.0. The zero-order valence-electron chi connectivity index (χ0n) is 16.6. The van der Waals surface area contributed by atoms with E-state index in [2.05, 4.69) is 24.1 Å². The molecule has 0 bridgehead atoms. The van der Waals surface area contributed by atoms with Crippen molar-refractivity contribution in [1.82, 2.24) is 9.80 Å². The Kier molecular flexibility index (Phi) is 7.24. The number of nitrogens with zero attached hydrogens (tertiary/aromatic N) is 2. The third-order valence-electron chi connectivity index (χ3n) is 6.15. The van der Waals surface area contributed by atoms with Gasteiger partial charge in [0.1, 0.15) is 0 Å². The second-order valence-corrected chi connectivity index (χ2v) is 9.05. The van der Waals surface area contributed by atoms with E-state index in [1.54, 1.807) is 4.90 Å². The number of hydrogen-bond acceptors (Lipinski definition) is 3. The number of likely N-dealkylation sites (tertiary alicyclic amines) is 2. The maximum atomic E-state index is 12.6. The van der Waals surface area contributed by atoms with E-state index in [9.17, 15) is 9.59 Å². The molecule has 2 saturated heterocycles. The molecule has 2 aliphatic heterocycles. The lowest BCUT2D eigenvalue weighted by molar-refractivity contribution is -0.131. The Labute approximate surface area is 177 Å². The minimum atomic E-state index is -0.969. The first-order chi connectivity index (χ1) is 13.3. The molecule has 1 aromatic carbocycles. The van der Waals surface area contributed by atoms with Crippen molar-refractivity contribution in [3.8, 4) is 0 Å². The molecular formula is C21H29Cl2N3O2. The summed E-state index contributed by atoms with van der Waals surface area (Å²) >= 11 is 11.4. The quantitative estimate of drug-likeness (QED) is 0.747. The molecule has 7 heteroatoms. The minimum absolute atomic E-state index is 0.0628. The number of aryl methyl sites for hydroxylation is 2. The van der Waals surface area contributed by atoms with Crippen LogP contribution in [0.25, 0.3) is 0 Å². The lowest BCUT2D eigenvalue weighted by Crippen LogP contribution is -2.50. The van der Waals surface area contributed by atoms with Crippen LogP contribution in [0, 0.1) is 19.8 Å². The second-order valence-electron chi connectivity index (χ2n) is 7.96. The molecule has 0 saturated carbocycles. The highest BCUT2D eigenvalue weighted by molar-refractivity contribution is 6.53. The Morgan fingerprint density at radius 3 is 2.21 bits per heavy atom. The number of carbonyl (C=O) groups is 2. The molecule has 5 nitrogen and oxygen atoms in total. The SMILES string of the molecule is Cc1ccc(NC(=O)C2CCN(C3CCN(C(=O)C(Cl)Cl)CC3)CC2)cc1C. The maximum absolute atomic E-state index is 12.6. The van der Waals surface area contributed by atoms with Crippen LogP contribution < -0.4 is 5.32 Å². The Balaban J connectivity index is 1.45. The van der Waals surface area contributed by atoms with Crippen LogP contribution in [0.3, 0.4) is 0 Å². The summed E-state index contributed by atoms with van der Waals surface area (Å²) in [6, 6.07) is 6.51. The van der Waals surface area contributed by atoms with Gasteiger partial charge in [-0.1, -0.05) is 29.3 Å². The van der Waals surface area contributed by atoms with Gasteiger partial charge in [0.15, 0.2) is 4.84 Å². The first-order valence-corrected chi connectivity index (χ1v) is 10.9. The average Bonchev–Trinajstić information content (AvgIpc) is 2.70. The molecule has 3 rings (SSSR count). The third kappa shape index (κ3) is 5.19. The van der Waals surface area contributed by atoms with Gasteiger partial charge in [-0.3, -0.25) is 9.59 Å². The number of rotatable bonds is 4. The zero-order chi connectivity index (χ0) is 20.3. The number of halogens is 2. The van der Waals surface area contributed by atoms with Gasteiger partial charge in [-0.15, -0.1) is 0 Å². The lowest BCUT2D eigenvalue weighted by Gasteiger charge is -2.41. The molecule has 28 heavy (non-hydrogen) atoms. The summed E-state index contributed by atoms with van der Waals surface area (Å²) in [5.74, 6) is -0.00475. The zero-order valence-corrected chi connectivity index (χ0v) is 18.1. The van der Waals surface area contributed by atoms with E-state index < -0.39 is 4.84 Å². The van der Waals surface area contributed by atoms with Crippen LogP contribution in [0.4, 0.5) is 5.69 Å². The Bertz CT molecular complexity index is 710. The Hall–Kier alpha value is -1.30. The standard InChI is InChI=1S/C21H29Cl2N3O2/c1-14-3-4-17(13-15(14)2)24-20(27)16-5-9-25(10-6-16)18-7-11-26(12-8-18)21(28)19(22)23/h3-4,13,16,18-19H,5-12H2,1-2H3,(H,24,27). The molecule has 2 heterocycles. The molecule has 1 N–H and O–H groups in total. The number of anilines is 1. The summed E-state index contributed by atoms with van der Waals surface area (Å²) in [5.41, 5.74) is 3.29. The number of alkyl halides is 2. The molecule has 0 unspecified atom stereocenters. The number of amides is 2. The van der Waals surface area contributed by atoms with Gasteiger partial charge in [0.2, 0.25) is 5.91 Å². The van der Waals surface area contributed by atoms with Gasteiger partial charge in [-0.25, -0.2) is 0 Å². The van der Waals surface area contributed by atoms with Crippen LogP contribution >= 0.6 is 23.2 Å². The summed E-state index contributed by atoms with van der Waals surface area (Å²) < 4.78 is 0. The fourth-order valence-electron chi connectivity index (χ4n) is 4.18. The third-order valence-corrected chi connectivity index (χ3v) is 6.53. The molecule has 2 fully saturated rings. The van der Waals surface area contributed by atoms with Gasteiger partial charge < -0.3 is 15.1 Å². The number of nitrogens with one attached hydrogen (secondary N) is 1. The van der Waals surface area contributed by atoms with E-state index >= 15 is 0 Å². The predicted molar refractivity (Wildman–Crippen MR) is 114 cm³/mol. The van der Waals surface area contributed by atoms with Crippen LogP contribution in [0.1, 0.15) is 36.8 Å². The molecule has 154 valence electrons. The topological polar surface area (TPSA) is 52.7 Å². The summed E-state index contributed by atoms with van der Waals surface area (Å²) in [4.78, 5) is 27.8. The number of benzene rings is 1. The monoisotopic (exact) mass is 425 g/mol. The molecule has 0 spiro atoms. The highest BCUT2D eigenvalue weighted by Gasteiger charge is 2.32. The van der Waals surface area contributed by atoms with Crippen molar-refractivity contribution in [2.45, 2.75) is 50.4 Å². The van der Waals surface area contributed by atoms with Crippen molar-refractivity contribution in [2.24, 2.45) is 5.92 Å². The molecule has 1 aromatic rings. The van der Waals surface area contributed by atoms with Crippen molar-refractivity contribution in [3.63, 3.8) is 0 Å². The smallest absolute Gasteiger partial charge is 0.255 e. The van der Waals surface area contributed by atoms with Crippen LogP contribution in [0.5, 0.6) is 0 Å². The average molecular weight is 426 g/mol. The Morgan fingerprint density at radius 2 is 1.64 bits per heavy atom. The summed E-state index contributed by atoms with van der Waals surface area (Å²) in [6.45, 7) is 7.39. The van der Waals surface area contributed by atoms with E-state index in [1.165, 1.54) is 11.1 Å². The molecule has 0 aliphatic carbocycles. The molecule has 0 aromatic heterocycles. The summed E-state index contributed by atoms with van der Waals surface area (Å²) in [6.07, 6.45) is 3.62. The molecule has 2 aliphatic rings. The van der Waals surface area contributed by atoms with E-state index in [-0.39, 0.29) is 17.7 Å². The maximum Gasteiger partial charge on any atom is 0.255 e. The summed E-state index contributed by atoms with van der Waals surface area (Å²) in [5, 5.41) is 3.08. The number of hydrogen-bond donors (Lipinski definition) is 1. The van der Waals surface area contributed by atoms with E-state index in [4.69, 9.17) is 23.2 Å². The normalized spacial score (nSPS) is 19.8. The number of piperidine rings is 2. The van der Waals surface area contributed by atoms with Gasteiger partial charge >= 0.3 is 0 Å². The van der Waals surface area contributed by atoms with Crippen LogP contribution in [-0.4, -0.2) is 58.7 Å². The van der Waals surface area contributed by atoms with Crippen molar-refractivity contribution in [2.75, 3.05) is 31.5 Å². The Morgan fingerprint density at radius 1 is 1.00 bits per heavy atom. The fraction of sp³-hybridized carbons (Fsp3) is 0.619. The molecule has 0 radical (unpaired) electrons. The lowest BCUT2D eigenvalue weighted by atomic mass is 9.92. The van der Waals surface area contributed by atoms with E-state index in [0.29, 0.717) is 19.1 Å². The van der Waals surface area contributed by atoms with Crippen molar-refractivity contribution < 1.29 is 9.59 Å². The largest absolute Gasteiger partial charge is 0.340 e. The van der Waals surface area contributed by atoms with Gasteiger partial charge in [0.25, 0.3) is 5.91 Å². The van der Waals surface area contributed by atoms with Gasteiger partial charge in [0.05, 0.1) is 0 Å². The van der Waals surface area contributed by atoms with Crippen molar-refractivity contribution in [3.05, 3.63) is 29.3 Å². The van der Waals surface area contributed by atoms with E-state index in [0.717, 1.165) is 44.5 Å². The number of carbonyl (C=O) groups excluding carboxylic acids is 2. The van der Waals surface area contributed by atoms with Gasteiger partial charge in [-0.05, 0) is 75.9 Å². The van der Waals surface area contributed by atoms with Gasteiger partial charge in [-0.2, -0.15) is 0 Å². The highest BCUT2D eigenvalue weighted by atomic mass is 35.5. The van der Waals surface area contributed by atoms with Crippen molar-refractivity contribution >= 4 is 40.7 Å². The van der Waals surface area contributed by atoms with E-state index in [1.807, 2.05) is 18.2 Å². The van der Waals surface area contributed by atoms with Crippen LogP contribution in [0.15, 0.2) is 18.2 Å². The van der Waals surface area contributed by atoms with Crippen molar-refractivity contribution in [1.29, 1.82) is 0 Å². The molecular weight excluding hydrogens is 397 g/mol. The minimum Gasteiger partial charge on any atom is -0.340 e. The van der Waals surface area contributed by atoms with Gasteiger partial charge in [0, 0.05) is 30.7 Å². The molecule has 0 atom stereocenters. The second kappa shape index (κ2) is 9.47. The van der Waals surface area contributed by atoms with Crippen LogP contribution in [-0.2, 0) is 9.59 Å². The summed E-state index contributed by atoms with van der Waals surface area (Å²) in [7, 11) is 0. The predicted octanol–water partition coefficient (Wildman–Crippen LogP) is 3.75. The highest BCUT2D eigenvalue weighted by Crippen LogP contribution is 2.26. The fourth-order valence-corrected chi connectivity index (χ4v) is 4.46.